The summed E-state index contributed by atoms with van der Waals surface area (Å²) in [5.74, 6) is 0.0388. The first-order chi connectivity index (χ1) is 9.29. The zero-order valence-corrected chi connectivity index (χ0v) is 10.5. The predicted molar refractivity (Wildman–Crippen MR) is 74.2 cm³/mol. The molecule has 0 fully saturated rings. The third-order valence-electron chi connectivity index (χ3n) is 3.50. The maximum absolute atomic E-state index is 12.5. The van der Waals surface area contributed by atoms with E-state index >= 15 is 0 Å². The summed E-state index contributed by atoms with van der Waals surface area (Å²) < 4.78 is 0. The largest absolute Gasteiger partial charge is 0.392 e. The summed E-state index contributed by atoms with van der Waals surface area (Å²) in [6, 6.07) is 15.2. The minimum Gasteiger partial charge on any atom is -0.392 e. The number of aliphatic hydroxyl groups is 1. The van der Waals surface area contributed by atoms with E-state index < -0.39 is 0 Å². The minimum absolute atomic E-state index is 0.00748. The van der Waals surface area contributed by atoms with Gasteiger partial charge in [0.1, 0.15) is 0 Å². The lowest BCUT2D eigenvalue weighted by molar-refractivity contribution is 0.0980. The number of carbonyl (C=O) groups excluding carboxylic acids is 1. The van der Waals surface area contributed by atoms with Crippen LogP contribution in [0.15, 0.2) is 48.5 Å². The van der Waals surface area contributed by atoms with E-state index in [4.69, 9.17) is 0 Å². The Labute approximate surface area is 112 Å². The van der Waals surface area contributed by atoms with Gasteiger partial charge in [-0.1, -0.05) is 30.3 Å². The molecule has 0 saturated heterocycles. The van der Waals surface area contributed by atoms with Crippen molar-refractivity contribution in [2.24, 2.45) is 0 Å². The van der Waals surface area contributed by atoms with Crippen LogP contribution < -0.4 is 4.90 Å². The number of hydrogen-bond donors (Lipinski definition) is 1. The molecule has 1 aliphatic rings. The molecule has 0 aromatic heterocycles. The van der Waals surface area contributed by atoms with Gasteiger partial charge in [0.05, 0.1) is 6.61 Å². The number of aliphatic hydroxyl groups excluding tert-OH is 1. The van der Waals surface area contributed by atoms with Crippen molar-refractivity contribution in [1.29, 1.82) is 0 Å². The molecule has 1 aliphatic heterocycles. The monoisotopic (exact) mass is 253 g/mol. The van der Waals surface area contributed by atoms with Crippen molar-refractivity contribution >= 4 is 11.6 Å². The van der Waals surface area contributed by atoms with Crippen molar-refractivity contribution in [1.82, 2.24) is 0 Å². The molecule has 1 amide bonds. The smallest absolute Gasteiger partial charge is 0.258 e. The Bertz CT molecular complexity index is 622. The second-order valence-corrected chi connectivity index (χ2v) is 4.69. The van der Waals surface area contributed by atoms with Crippen LogP contribution in [0.4, 0.5) is 5.69 Å². The number of benzene rings is 2. The van der Waals surface area contributed by atoms with Crippen molar-refractivity contribution in [3.63, 3.8) is 0 Å². The molecule has 0 atom stereocenters. The van der Waals surface area contributed by atoms with Crippen molar-refractivity contribution in [2.45, 2.75) is 13.0 Å². The Morgan fingerprint density at radius 3 is 2.79 bits per heavy atom. The molecule has 0 unspecified atom stereocenters. The molecule has 0 bridgehead atoms. The Balaban J connectivity index is 1.97. The number of anilines is 1. The minimum atomic E-state index is -0.00748. The van der Waals surface area contributed by atoms with Crippen LogP contribution in [0.2, 0.25) is 0 Å². The SMILES string of the molecule is O=C1c2ccccc2CCN1c1cccc(CO)c1. The number of nitrogens with zero attached hydrogens (tertiary/aromatic N) is 1. The molecule has 1 N–H and O–H groups in total. The number of hydrogen-bond acceptors (Lipinski definition) is 2. The molecular formula is C16H15NO2. The van der Waals surface area contributed by atoms with Gasteiger partial charge >= 0.3 is 0 Å². The molecule has 0 saturated carbocycles. The summed E-state index contributed by atoms with van der Waals surface area (Å²) in [5.41, 5.74) is 3.57. The molecule has 1 heterocycles. The fraction of sp³-hybridized carbons (Fsp3) is 0.188. The molecule has 96 valence electrons. The summed E-state index contributed by atoms with van der Waals surface area (Å²) in [7, 11) is 0. The second-order valence-electron chi connectivity index (χ2n) is 4.69. The lowest BCUT2D eigenvalue weighted by atomic mass is 9.98. The Kier molecular flexibility index (Phi) is 3.05. The third-order valence-corrected chi connectivity index (χ3v) is 3.50. The fourth-order valence-corrected chi connectivity index (χ4v) is 2.50. The molecular weight excluding hydrogens is 238 g/mol. The highest BCUT2D eigenvalue weighted by Crippen LogP contribution is 2.25. The highest BCUT2D eigenvalue weighted by atomic mass is 16.3. The number of amides is 1. The summed E-state index contributed by atoms with van der Waals surface area (Å²) in [6.45, 7) is 0.678. The van der Waals surface area contributed by atoms with Gasteiger partial charge in [-0.05, 0) is 35.7 Å². The fourth-order valence-electron chi connectivity index (χ4n) is 2.50. The van der Waals surface area contributed by atoms with Gasteiger partial charge in [-0.2, -0.15) is 0 Å². The highest BCUT2D eigenvalue weighted by molar-refractivity contribution is 6.08. The van der Waals surface area contributed by atoms with Crippen molar-refractivity contribution in [3.8, 4) is 0 Å². The van der Waals surface area contributed by atoms with E-state index in [0.717, 1.165) is 28.8 Å². The average Bonchev–Trinajstić information content (AvgIpc) is 2.48. The quantitative estimate of drug-likeness (QED) is 0.892. The Morgan fingerprint density at radius 2 is 1.95 bits per heavy atom. The van der Waals surface area contributed by atoms with Gasteiger partial charge in [-0.25, -0.2) is 0 Å². The number of fused-ring (bicyclic) bond motifs is 1. The lowest BCUT2D eigenvalue weighted by Crippen LogP contribution is -2.37. The van der Waals surface area contributed by atoms with Gasteiger partial charge in [0.2, 0.25) is 0 Å². The lowest BCUT2D eigenvalue weighted by Gasteiger charge is -2.28. The zero-order valence-electron chi connectivity index (χ0n) is 10.5. The molecule has 0 radical (unpaired) electrons. The van der Waals surface area contributed by atoms with Crippen LogP contribution in [0, 0.1) is 0 Å². The second kappa shape index (κ2) is 4.86. The standard InChI is InChI=1S/C16H15NO2/c18-11-12-4-3-6-14(10-12)17-9-8-13-5-1-2-7-15(13)16(17)19/h1-7,10,18H,8-9,11H2. The first-order valence-electron chi connectivity index (χ1n) is 6.39. The van der Waals surface area contributed by atoms with Gasteiger partial charge in [-0.15, -0.1) is 0 Å². The summed E-state index contributed by atoms with van der Waals surface area (Å²) >= 11 is 0. The van der Waals surface area contributed by atoms with E-state index in [0.29, 0.717) is 6.54 Å². The highest BCUT2D eigenvalue weighted by Gasteiger charge is 2.24. The van der Waals surface area contributed by atoms with Gasteiger partial charge in [0.15, 0.2) is 0 Å². The Hall–Kier alpha value is -2.13. The van der Waals surface area contributed by atoms with Crippen LogP contribution in [-0.2, 0) is 13.0 Å². The molecule has 3 rings (SSSR count). The van der Waals surface area contributed by atoms with Crippen LogP contribution in [0.3, 0.4) is 0 Å². The number of carbonyl (C=O) groups is 1. The van der Waals surface area contributed by atoms with E-state index in [1.165, 1.54) is 0 Å². The van der Waals surface area contributed by atoms with Crippen molar-refractivity contribution in [2.75, 3.05) is 11.4 Å². The predicted octanol–water partition coefficient (Wildman–Crippen LogP) is 2.38. The first-order valence-corrected chi connectivity index (χ1v) is 6.39. The first kappa shape index (κ1) is 11.9. The summed E-state index contributed by atoms with van der Waals surface area (Å²) in [6.07, 6.45) is 0.866. The zero-order chi connectivity index (χ0) is 13.2. The van der Waals surface area contributed by atoms with E-state index in [2.05, 4.69) is 0 Å². The molecule has 2 aromatic rings. The van der Waals surface area contributed by atoms with Crippen LogP contribution in [0.5, 0.6) is 0 Å². The van der Waals surface area contributed by atoms with Crippen LogP contribution >= 0.6 is 0 Å². The summed E-state index contributed by atoms with van der Waals surface area (Å²) in [4.78, 5) is 14.3. The maximum atomic E-state index is 12.5. The molecule has 3 heteroatoms. The molecule has 0 spiro atoms. The van der Waals surface area contributed by atoms with E-state index in [1.54, 1.807) is 4.90 Å². The van der Waals surface area contributed by atoms with Gasteiger partial charge in [0, 0.05) is 17.8 Å². The van der Waals surface area contributed by atoms with Crippen LogP contribution in [0.25, 0.3) is 0 Å². The topological polar surface area (TPSA) is 40.5 Å². The maximum Gasteiger partial charge on any atom is 0.258 e. The van der Waals surface area contributed by atoms with Crippen molar-refractivity contribution < 1.29 is 9.90 Å². The van der Waals surface area contributed by atoms with E-state index in [9.17, 15) is 9.90 Å². The average molecular weight is 253 g/mol. The van der Waals surface area contributed by atoms with Crippen LogP contribution in [0.1, 0.15) is 21.5 Å². The summed E-state index contributed by atoms with van der Waals surface area (Å²) in [5, 5.41) is 9.18. The molecule has 3 nitrogen and oxygen atoms in total. The Morgan fingerprint density at radius 1 is 1.11 bits per heavy atom. The van der Waals surface area contributed by atoms with E-state index in [1.807, 2.05) is 48.5 Å². The third kappa shape index (κ3) is 2.13. The normalized spacial score (nSPS) is 14.4. The number of rotatable bonds is 2. The van der Waals surface area contributed by atoms with E-state index in [-0.39, 0.29) is 12.5 Å². The van der Waals surface area contributed by atoms with Gasteiger partial charge < -0.3 is 10.0 Å². The molecule has 0 aliphatic carbocycles. The van der Waals surface area contributed by atoms with Crippen molar-refractivity contribution in [3.05, 3.63) is 65.2 Å². The van der Waals surface area contributed by atoms with Gasteiger partial charge in [-0.3, -0.25) is 4.79 Å². The molecule has 2 aromatic carbocycles. The molecule has 19 heavy (non-hydrogen) atoms. The van der Waals surface area contributed by atoms with Gasteiger partial charge in [0.25, 0.3) is 5.91 Å². The van der Waals surface area contributed by atoms with Crippen LogP contribution in [-0.4, -0.2) is 17.6 Å².